The molecule has 0 saturated carbocycles. The van der Waals surface area contributed by atoms with Crippen LogP contribution in [0.5, 0.6) is 0 Å². The lowest BCUT2D eigenvalue weighted by molar-refractivity contribution is 0.0425. The fourth-order valence-corrected chi connectivity index (χ4v) is 5.07. The number of nitrogens with zero attached hydrogens (tertiary/aromatic N) is 4. The molecule has 0 atom stereocenters. The minimum atomic E-state index is -3.47. The lowest BCUT2D eigenvalue weighted by Crippen LogP contribution is -2.64. The first-order chi connectivity index (χ1) is 10.4. The molecule has 3 heterocycles. The van der Waals surface area contributed by atoms with E-state index in [1.54, 1.807) is 13.8 Å². The first-order valence-electron chi connectivity index (χ1n) is 7.83. The van der Waals surface area contributed by atoms with Crippen molar-refractivity contribution in [1.82, 2.24) is 19.3 Å². The summed E-state index contributed by atoms with van der Waals surface area (Å²) in [5, 5.41) is 3.75. The van der Waals surface area contributed by atoms with E-state index in [0.29, 0.717) is 30.6 Å². The number of rotatable bonds is 4. The average Bonchev–Trinajstić information content (AvgIpc) is 2.77. The van der Waals surface area contributed by atoms with Crippen molar-refractivity contribution in [2.75, 3.05) is 45.8 Å². The first kappa shape index (κ1) is 15.9. The zero-order chi connectivity index (χ0) is 15.9. The zero-order valence-corrected chi connectivity index (χ0v) is 14.3. The van der Waals surface area contributed by atoms with Crippen LogP contribution in [-0.4, -0.2) is 79.5 Å². The van der Waals surface area contributed by atoms with Crippen LogP contribution in [0.15, 0.2) is 9.42 Å². The molecule has 7 nitrogen and oxygen atoms in total. The Morgan fingerprint density at radius 3 is 2.32 bits per heavy atom. The summed E-state index contributed by atoms with van der Waals surface area (Å²) >= 11 is 0. The largest absolute Gasteiger partial charge is 0.360 e. The third-order valence-corrected chi connectivity index (χ3v) is 6.84. The van der Waals surface area contributed by atoms with Gasteiger partial charge in [0.2, 0.25) is 10.0 Å². The summed E-state index contributed by atoms with van der Waals surface area (Å²) < 4.78 is 31.8. The van der Waals surface area contributed by atoms with Crippen LogP contribution in [0, 0.1) is 13.8 Å². The molecule has 0 aliphatic carbocycles. The zero-order valence-electron chi connectivity index (χ0n) is 13.4. The molecular formula is C14H24N4O3S. The summed E-state index contributed by atoms with van der Waals surface area (Å²) in [6.07, 6.45) is 0. The SMILES string of the molecule is CCN1CCN(C2CN(S(=O)(=O)c3c(C)noc3C)C2)CC1. The van der Waals surface area contributed by atoms with Gasteiger partial charge in [0.15, 0.2) is 5.76 Å². The van der Waals surface area contributed by atoms with Gasteiger partial charge in [0.1, 0.15) is 10.6 Å². The van der Waals surface area contributed by atoms with Gasteiger partial charge in [0, 0.05) is 45.3 Å². The van der Waals surface area contributed by atoms with Crippen molar-refractivity contribution in [2.24, 2.45) is 0 Å². The first-order valence-corrected chi connectivity index (χ1v) is 9.27. The number of piperazine rings is 1. The molecule has 2 aliphatic rings. The Bertz CT molecular complexity index is 609. The second-order valence-corrected chi connectivity index (χ2v) is 7.97. The van der Waals surface area contributed by atoms with E-state index in [9.17, 15) is 8.42 Å². The highest BCUT2D eigenvalue weighted by molar-refractivity contribution is 7.89. The summed E-state index contributed by atoms with van der Waals surface area (Å²) in [5.74, 6) is 0.373. The highest BCUT2D eigenvalue weighted by atomic mass is 32.2. The third kappa shape index (κ3) is 2.68. The Morgan fingerprint density at radius 2 is 1.82 bits per heavy atom. The number of aryl methyl sites for hydroxylation is 2. The van der Waals surface area contributed by atoms with Crippen molar-refractivity contribution in [3.8, 4) is 0 Å². The molecule has 0 unspecified atom stereocenters. The molecule has 2 saturated heterocycles. The van der Waals surface area contributed by atoms with E-state index in [4.69, 9.17) is 4.52 Å². The average molecular weight is 328 g/mol. The quantitative estimate of drug-likeness (QED) is 0.792. The van der Waals surface area contributed by atoms with Crippen LogP contribution in [0.2, 0.25) is 0 Å². The molecule has 2 fully saturated rings. The van der Waals surface area contributed by atoms with Crippen molar-refractivity contribution in [2.45, 2.75) is 31.7 Å². The van der Waals surface area contributed by atoms with Crippen LogP contribution in [-0.2, 0) is 10.0 Å². The lowest BCUT2D eigenvalue weighted by atomic mass is 10.1. The predicted octanol–water partition coefficient (Wildman–Crippen LogP) is 0.302. The van der Waals surface area contributed by atoms with E-state index < -0.39 is 10.0 Å². The number of sulfonamides is 1. The van der Waals surface area contributed by atoms with Gasteiger partial charge in [-0.15, -0.1) is 0 Å². The fraction of sp³-hybridized carbons (Fsp3) is 0.786. The minimum absolute atomic E-state index is 0.238. The molecule has 8 heteroatoms. The predicted molar refractivity (Wildman–Crippen MR) is 82.2 cm³/mol. The van der Waals surface area contributed by atoms with Gasteiger partial charge in [-0.3, -0.25) is 4.90 Å². The molecule has 0 N–H and O–H groups in total. The van der Waals surface area contributed by atoms with Gasteiger partial charge in [0.05, 0.1) is 0 Å². The van der Waals surface area contributed by atoms with Crippen molar-refractivity contribution >= 4 is 10.0 Å². The van der Waals surface area contributed by atoms with Gasteiger partial charge < -0.3 is 9.42 Å². The molecule has 2 aliphatic heterocycles. The van der Waals surface area contributed by atoms with Crippen LogP contribution in [0.25, 0.3) is 0 Å². The van der Waals surface area contributed by atoms with E-state index in [1.807, 2.05) is 0 Å². The minimum Gasteiger partial charge on any atom is -0.360 e. The molecule has 3 rings (SSSR count). The molecule has 1 aromatic rings. The maximum atomic E-state index is 12.6. The summed E-state index contributed by atoms with van der Waals surface area (Å²) in [5.41, 5.74) is 0.442. The van der Waals surface area contributed by atoms with E-state index in [0.717, 1.165) is 32.7 Å². The van der Waals surface area contributed by atoms with Gasteiger partial charge in [-0.25, -0.2) is 8.42 Å². The van der Waals surface area contributed by atoms with Crippen LogP contribution >= 0.6 is 0 Å². The molecule has 0 spiro atoms. The monoisotopic (exact) mass is 328 g/mol. The molecule has 22 heavy (non-hydrogen) atoms. The number of hydrogen-bond donors (Lipinski definition) is 0. The van der Waals surface area contributed by atoms with Crippen LogP contribution < -0.4 is 0 Å². The second kappa shape index (κ2) is 5.92. The van der Waals surface area contributed by atoms with Crippen molar-refractivity contribution < 1.29 is 12.9 Å². The molecule has 124 valence electrons. The smallest absolute Gasteiger partial charge is 0.248 e. The van der Waals surface area contributed by atoms with Crippen LogP contribution in [0.1, 0.15) is 18.4 Å². The fourth-order valence-electron chi connectivity index (χ4n) is 3.26. The van der Waals surface area contributed by atoms with Crippen molar-refractivity contribution in [1.29, 1.82) is 0 Å². The molecule has 0 amide bonds. The van der Waals surface area contributed by atoms with Gasteiger partial charge in [0.25, 0.3) is 0 Å². The number of aromatic nitrogens is 1. The normalized spacial score (nSPS) is 22.9. The Kier molecular flexibility index (Phi) is 4.28. The lowest BCUT2D eigenvalue weighted by Gasteiger charge is -2.47. The Hall–Kier alpha value is -0.960. The Morgan fingerprint density at radius 1 is 1.18 bits per heavy atom. The van der Waals surface area contributed by atoms with Crippen molar-refractivity contribution in [3.05, 3.63) is 11.5 Å². The molecule has 0 aromatic carbocycles. The standard InChI is InChI=1S/C14H24N4O3S/c1-4-16-5-7-17(8-6-16)13-9-18(10-13)22(19,20)14-11(2)15-21-12(14)3/h13H,4-10H2,1-3H3. The van der Waals surface area contributed by atoms with Gasteiger partial charge in [-0.05, 0) is 20.4 Å². The van der Waals surface area contributed by atoms with E-state index in [1.165, 1.54) is 4.31 Å². The van der Waals surface area contributed by atoms with E-state index >= 15 is 0 Å². The summed E-state index contributed by atoms with van der Waals surface area (Å²) in [4.78, 5) is 5.07. The summed E-state index contributed by atoms with van der Waals surface area (Å²) in [6, 6.07) is 0.342. The second-order valence-electron chi connectivity index (χ2n) is 6.10. The summed E-state index contributed by atoms with van der Waals surface area (Å²) in [7, 11) is -3.47. The van der Waals surface area contributed by atoms with E-state index in [2.05, 4.69) is 21.9 Å². The molecule has 0 bridgehead atoms. The number of hydrogen-bond acceptors (Lipinski definition) is 6. The Balaban J connectivity index is 1.62. The van der Waals surface area contributed by atoms with E-state index in [-0.39, 0.29) is 4.90 Å². The number of likely N-dealkylation sites (N-methyl/N-ethyl adjacent to an activating group) is 1. The molecule has 0 radical (unpaired) electrons. The Labute approximate surface area is 131 Å². The van der Waals surface area contributed by atoms with Gasteiger partial charge in [-0.1, -0.05) is 12.1 Å². The van der Waals surface area contributed by atoms with Crippen molar-refractivity contribution in [3.63, 3.8) is 0 Å². The highest BCUT2D eigenvalue weighted by Gasteiger charge is 2.42. The highest BCUT2D eigenvalue weighted by Crippen LogP contribution is 2.28. The maximum Gasteiger partial charge on any atom is 0.248 e. The van der Waals surface area contributed by atoms with Crippen LogP contribution in [0.4, 0.5) is 0 Å². The molecular weight excluding hydrogens is 304 g/mol. The molecule has 1 aromatic heterocycles. The van der Waals surface area contributed by atoms with Gasteiger partial charge in [-0.2, -0.15) is 4.31 Å². The van der Waals surface area contributed by atoms with Gasteiger partial charge >= 0.3 is 0 Å². The van der Waals surface area contributed by atoms with Crippen LogP contribution in [0.3, 0.4) is 0 Å². The summed E-state index contributed by atoms with van der Waals surface area (Å²) in [6.45, 7) is 11.9. The third-order valence-electron chi connectivity index (χ3n) is 4.77. The topological polar surface area (TPSA) is 69.9 Å². The maximum absolute atomic E-state index is 12.6.